The standard InChI is InChI=1S/C14H24ClN3S/c1-4-10-14(15)12(18(5-2)17-10)9-11(16-3)13-7-6-8-19-13/h11,13,16H,4-9H2,1-3H3. The van der Waals surface area contributed by atoms with Gasteiger partial charge >= 0.3 is 0 Å². The molecule has 5 heteroatoms. The summed E-state index contributed by atoms with van der Waals surface area (Å²) in [5.74, 6) is 1.30. The SMILES string of the molecule is CCc1nn(CC)c(CC(NC)C2CCCS2)c1Cl. The molecule has 0 aromatic carbocycles. The molecule has 3 nitrogen and oxygen atoms in total. The monoisotopic (exact) mass is 301 g/mol. The molecule has 108 valence electrons. The van der Waals surface area contributed by atoms with Crippen molar-refractivity contribution in [2.45, 2.75) is 57.4 Å². The second kappa shape index (κ2) is 7.00. The maximum atomic E-state index is 6.50. The molecule has 2 rings (SSSR count). The highest BCUT2D eigenvalue weighted by atomic mass is 35.5. The molecule has 1 N–H and O–H groups in total. The first-order valence-corrected chi connectivity index (χ1v) is 8.66. The minimum atomic E-state index is 0.497. The average molecular weight is 302 g/mol. The van der Waals surface area contributed by atoms with Crippen LogP contribution in [0.2, 0.25) is 5.02 Å². The smallest absolute Gasteiger partial charge is 0.0850 e. The van der Waals surface area contributed by atoms with Gasteiger partial charge in [-0.3, -0.25) is 4.68 Å². The summed E-state index contributed by atoms with van der Waals surface area (Å²) in [6.45, 7) is 5.13. The minimum absolute atomic E-state index is 0.497. The molecule has 0 bridgehead atoms. The van der Waals surface area contributed by atoms with E-state index in [-0.39, 0.29) is 0 Å². The van der Waals surface area contributed by atoms with Gasteiger partial charge in [0, 0.05) is 24.3 Å². The molecular formula is C14H24ClN3S. The first kappa shape index (κ1) is 15.2. The normalized spacial score (nSPS) is 20.9. The molecule has 2 atom stereocenters. The summed E-state index contributed by atoms with van der Waals surface area (Å²) in [5, 5.41) is 9.68. The topological polar surface area (TPSA) is 29.9 Å². The fourth-order valence-electron chi connectivity index (χ4n) is 2.76. The Morgan fingerprint density at radius 1 is 1.53 bits per heavy atom. The quantitative estimate of drug-likeness (QED) is 0.875. The minimum Gasteiger partial charge on any atom is -0.316 e. The lowest BCUT2D eigenvalue weighted by atomic mass is 10.0. The van der Waals surface area contributed by atoms with Crippen LogP contribution in [0.25, 0.3) is 0 Å². The summed E-state index contributed by atoms with van der Waals surface area (Å²) < 4.78 is 2.07. The van der Waals surface area contributed by atoms with Crippen LogP contribution < -0.4 is 5.32 Å². The van der Waals surface area contributed by atoms with E-state index in [0.717, 1.165) is 30.1 Å². The second-order valence-electron chi connectivity index (χ2n) is 5.03. The highest BCUT2D eigenvalue weighted by Gasteiger charge is 2.27. The number of aromatic nitrogens is 2. The molecule has 1 aliphatic rings. The Kier molecular flexibility index (Phi) is 5.60. The van der Waals surface area contributed by atoms with Gasteiger partial charge in [-0.1, -0.05) is 18.5 Å². The Morgan fingerprint density at radius 2 is 2.32 bits per heavy atom. The van der Waals surface area contributed by atoms with E-state index >= 15 is 0 Å². The fourth-order valence-corrected chi connectivity index (χ4v) is 4.54. The van der Waals surface area contributed by atoms with Gasteiger partial charge in [0.05, 0.1) is 16.4 Å². The summed E-state index contributed by atoms with van der Waals surface area (Å²) >= 11 is 8.59. The fraction of sp³-hybridized carbons (Fsp3) is 0.786. The van der Waals surface area contributed by atoms with Crippen LogP contribution >= 0.6 is 23.4 Å². The Labute approximate surface area is 125 Å². The zero-order valence-electron chi connectivity index (χ0n) is 12.1. The van der Waals surface area contributed by atoms with Crippen molar-refractivity contribution in [1.29, 1.82) is 0 Å². The second-order valence-corrected chi connectivity index (χ2v) is 6.75. The Morgan fingerprint density at radius 3 is 2.84 bits per heavy atom. The molecule has 0 amide bonds. The summed E-state index contributed by atoms with van der Waals surface area (Å²) in [6, 6.07) is 0.497. The summed E-state index contributed by atoms with van der Waals surface area (Å²) in [4.78, 5) is 0. The van der Waals surface area contributed by atoms with Crippen molar-refractivity contribution in [2.75, 3.05) is 12.8 Å². The number of rotatable bonds is 6. The van der Waals surface area contributed by atoms with Crippen LogP contribution in [0.1, 0.15) is 38.1 Å². The van der Waals surface area contributed by atoms with E-state index in [4.69, 9.17) is 11.6 Å². The highest BCUT2D eigenvalue weighted by molar-refractivity contribution is 8.00. The molecule has 19 heavy (non-hydrogen) atoms. The van der Waals surface area contributed by atoms with E-state index in [9.17, 15) is 0 Å². The molecule has 1 aliphatic heterocycles. The lowest BCUT2D eigenvalue weighted by Gasteiger charge is -2.22. The number of likely N-dealkylation sites (N-methyl/N-ethyl adjacent to an activating group) is 1. The number of thioether (sulfide) groups is 1. The molecular weight excluding hydrogens is 278 g/mol. The van der Waals surface area contributed by atoms with Gasteiger partial charge in [-0.25, -0.2) is 0 Å². The van der Waals surface area contributed by atoms with Crippen LogP contribution in [-0.4, -0.2) is 33.9 Å². The molecule has 0 spiro atoms. The molecule has 2 unspecified atom stereocenters. The van der Waals surface area contributed by atoms with Gasteiger partial charge in [0.15, 0.2) is 0 Å². The lowest BCUT2D eigenvalue weighted by molar-refractivity contribution is 0.498. The van der Waals surface area contributed by atoms with Crippen LogP contribution in [0.4, 0.5) is 0 Å². The van der Waals surface area contributed by atoms with Gasteiger partial charge in [0.25, 0.3) is 0 Å². The van der Waals surface area contributed by atoms with Crippen molar-refractivity contribution in [3.05, 3.63) is 16.4 Å². The van der Waals surface area contributed by atoms with Crippen molar-refractivity contribution in [1.82, 2.24) is 15.1 Å². The number of halogens is 1. The van der Waals surface area contributed by atoms with E-state index in [2.05, 4.69) is 47.8 Å². The summed E-state index contributed by atoms with van der Waals surface area (Å²) in [7, 11) is 2.06. The molecule has 1 aromatic heterocycles. The molecule has 1 aromatic rings. The molecule has 1 fully saturated rings. The first-order valence-electron chi connectivity index (χ1n) is 7.24. The Hall–Kier alpha value is -0.190. The van der Waals surface area contributed by atoms with Crippen LogP contribution in [0.3, 0.4) is 0 Å². The molecule has 0 radical (unpaired) electrons. The van der Waals surface area contributed by atoms with E-state index in [1.165, 1.54) is 24.3 Å². The third kappa shape index (κ3) is 3.29. The van der Waals surface area contributed by atoms with E-state index in [1.54, 1.807) is 0 Å². The van der Waals surface area contributed by atoms with Gasteiger partial charge in [-0.2, -0.15) is 16.9 Å². The number of aryl methyl sites for hydroxylation is 2. The third-order valence-corrected chi connectivity index (χ3v) is 5.84. The Balaban J connectivity index is 2.18. The summed E-state index contributed by atoms with van der Waals surface area (Å²) in [5.41, 5.74) is 2.24. The van der Waals surface area contributed by atoms with Gasteiger partial charge in [-0.05, 0) is 39.0 Å². The maximum Gasteiger partial charge on any atom is 0.0850 e. The molecule has 1 saturated heterocycles. The van der Waals surface area contributed by atoms with Crippen LogP contribution in [0, 0.1) is 0 Å². The van der Waals surface area contributed by atoms with Gasteiger partial charge in [-0.15, -0.1) is 0 Å². The van der Waals surface area contributed by atoms with Crippen molar-refractivity contribution in [3.8, 4) is 0 Å². The van der Waals surface area contributed by atoms with Crippen LogP contribution in [0.15, 0.2) is 0 Å². The summed E-state index contributed by atoms with van der Waals surface area (Å²) in [6.07, 6.45) is 4.54. The van der Waals surface area contributed by atoms with Crippen molar-refractivity contribution in [2.24, 2.45) is 0 Å². The van der Waals surface area contributed by atoms with E-state index in [1.807, 2.05) is 0 Å². The molecule has 0 aliphatic carbocycles. The average Bonchev–Trinajstić information content (AvgIpc) is 3.04. The zero-order chi connectivity index (χ0) is 13.8. The van der Waals surface area contributed by atoms with Crippen molar-refractivity contribution in [3.63, 3.8) is 0 Å². The lowest BCUT2D eigenvalue weighted by Crippen LogP contribution is -2.37. The number of hydrogen-bond acceptors (Lipinski definition) is 3. The number of nitrogens with zero attached hydrogens (tertiary/aromatic N) is 2. The van der Waals surface area contributed by atoms with Crippen molar-refractivity contribution >= 4 is 23.4 Å². The largest absolute Gasteiger partial charge is 0.316 e. The predicted molar refractivity (Wildman–Crippen MR) is 84.3 cm³/mol. The van der Waals surface area contributed by atoms with Crippen LogP contribution in [-0.2, 0) is 19.4 Å². The number of hydrogen-bond donors (Lipinski definition) is 1. The van der Waals surface area contributed by atoms with Crippen molar-refractivity contribution < 1.29 is 0 Å². The van der Waals surface area contributed by atoms with E-state index < -0.39 is 0 Å². The predicted octanol–water partition coefficient (Wildman–Crippen LogP) is 3.14. The van der Waals surface area contributed by atoms with Gasteiger partial charge in [0.2, 0.25) is 0 Å². The third-order valence-electron chi connectivity index (χ3n) is 3.89. The number of nitrogens with one attached hydrogen (secondary N) is 1. The van der Waals surface area contributed by atoms with Crippen LogP contribution in [0.5, 0.6) is 0 Å². The van der Waals surface area contributed by atoms with Gasteiger partial charge in [0.1, 0.15) is 0 Å². The van der Waals surface area contributed by atoms with E-state index in [0.29, 0.717) is 11.3 Å². The zero-order valence-corrected chi connectivity index (χ0v) is 13.7. The Bertz CT molecular complexity index is 413. The highest BCUT2D eigenvalue weighted by Crippen LogP contribution is 2.31. The molecule has 0 saturated carbocycles. The first-order chi connectivity index (χ1) is 9.21. The maximum absolute atomic E-state index is 6.50. The molecule has 2 heterocycles. The van der Waals surface area contributed by atoms with Gasteiger partial charge < -0.3 is 5.32 Å².